The van der Waals surface area contributed by atoms with Gasteiger partial charge in [0.2, 0.25) is 16.0 Å². The molecule has 3 rings (SSSR count). The topological polar surface area (TPSA) is 84.4 Å². The molecule has 2 aliphatic heterocycles. The first-order chi connectivity index (χ1) is 9.92. The molecule has 3 heterocycles. The van der Waals surface area contributed by atoms with Gasteiger partial charge >= 0.3 is 0 Å². The zero-order valence-corrected chi connectivity index (χ0v) is 12.4. The van der Waals surface area contributed by atoms with Crippen LogP contribution < -0.4 is 9.62 Å². The number of aromatic nitrogens is 2. The van der Waals surface area contributed by atoms with E-state index in [-0.39, 0.29) is 17.9 Å². The summed E-state index contributed by atoms with van der Waals surface area (Å²) in [7, 11) is -3.20. The van der Waals surface area contributed by atoms with E-state index < -0.39 is 15.8 Å². The molecule has 2 saturated heterocycles. The van der Waals surface area contributed by atoms with Crippen molar-refractivity contribution in [2.45, 2.75) is 6.10 Å². The highest BCUT2D eigenvalue weighted by Crippen LogP contribution is 2.34. The Bertz CT molecular complexity index is 609. The maximum atomic E-state index is 12.8. The molecule has 3 atom stereocenters. The van der Waals surface area contributed by atoms with E-state index in [2.05, 4.69) is 14.7 Å². The molecule has 116 valence electrons. The summed E-state index contributed by atoms with van der Waals surface area (Å²) in [5, 5.41) is 0. The van der Waals surface area contributed by atoms with Crippen LogP contribution in [0.5, 0.6) is 0 Å². The van der Waals surface area contributed by atoms with E-state index in [4.69, 9.17) is 4.74 Å². The summed E-state index contributed by atoms with van der Waals surface area (Å²) in [5.41, 5.74) is 0. The van der Waals surface area contributed by atoms with Crippen LogP contribution in [0.15, 0.2) is 12.4 Å². The minimum Gasteiger partial charge on any atom is -0.376 e. The third-order valence-corrected chi connectivity index (χ3v) is 4.63. The van der Waals surface area contributed by atoms with Gasteiger partial charge in [-0.15, -0.1) is 0 Å². The Morgan fingerprint density at radius 3 is 2.81 bits per heavy atom. The summed E-state index contributed by atoms with van der Waals surface area (Å²) in [5.74, 6) is 0.372. The molecule has 0 aliphatic carbocycles. The zero-order valence-electron chi connectivity index (χ0n) is 11.6. The average Bonchev–Trinajstić information content (AvgIpc) is 2.96. The summed E-state index contributed by atoms with van der Waals surface area (Å²) in [6.07, 6.45) is 3.47. The van der Waals surface area contributed by atoms with Crippen LogP contribution in [0.25, 0.3) is 0 Å². The first-order valence-electron chi connectivity index (χ1n) is 6.71. The molecule has 0 bridgehead atoms. The quantitative estimate of drug-likeness (QED) is 0.815. The number of anilines is 1. The highest BCUT2D eigenvalue weighted by molar-refractivity contribution is 7.88. The van der Waals surface area contributed by atoms with Crippen LogP contribution in [0.4, 0.5) is 10.3 Å². The molecule has 0 aromatic carbocycles. The number of rotatable bonds is 4. The van der Waals surface area contributed by atoms with E-state index in [1.54, 1.807) is 0 Å². The average molecular weight is 316 g/mol. The minimum atomic E-state index is -3.20. The molecule has 0 saturated carbocycles. The van der Waals surface area contributed by atoms with Crippen LogP contribution in [0.1, 0.15) is 0 Å². The van der Waals surface area contributed by atoms with Gasteiger partial charge in [-0.05, 0) is 0 Å². The first-order valence-corrected chi connectivity index (χ1v) is 8.60. The van der Waals surface area contributed by atoms with Gasteiger partial charge in [-0.1, -0.05) is 0 Å². The molecule has 0 radical (unpaired) electrons. The lowest BCUT2D eigenvalue weighted by Gasteiger charge is -2.19. The van der Waals surface area contributed by atoms with E-state index in [0.29, 0.717) is 32.2 Å². The van der Waals surface area contributed by atoms with E-state index in [0.717, 1.165) is 18.6 Å². The SMILES string of the molecule is CS(=O)(=O)NC[C@@H]1CO[C@@H]2CN(c3ncc(F)cn3)C[C@H]12. The molecule has 9 heteroatoms. The highest BCUT2D eigenvalue weighted by atomic mass is 32.2. The second-order valence-electron chi connectivity index (χ2n) is 5.52. The minimum absolute atomic E-state index is 0.0463. The molecule has 7 nitrogen and oxygen atoms in total. The second-order valence-corrected chi connectivity index (χ2v) is 7.36. The van der Waals surface area contributed by atoms with Gasteiger partial charge in [-0.3, -0.25) is 0 Å². The van der Waals surface area contributed by atoms with Gasteiger partial charge in [0, 0.05) is 31.5 Å². The highest BCUT2D eigenvalue weighted by Gasteiger charge is 2.44. The fourth-order valence-corrected chi connectivity index (χ4v) is 3.42. The molecule has 0 unspecified atom stereocenters. The Balaban J connectivity index is 1.64. The smallest absolute Gasteiger partial charge is 0.225 e. The number of ether oxygens (including phenoxy) is 1. The molecule has 21 heavy (non-hydrogen) atoms. The predicted octanol–water partition coefficient (Wildman–Crippen LogP) is -0.384. The van der Waals surface area contributed by atoms with Gasteiger partial charge in [0.25, 0.3) is 0 Å². The van der Waals surface area contributed by atoms with Crippen LogP contribution >= 0.6 is 0 Å². The Labute approximate surface area is 122 Å². The standard InChI is InChI=1S/C12H17FN4O3S/c1-21(18,19)16-2-8-7-20-11-6-17(5-10(8)11)12-14-3-9(13)4-15-12/h3-4,8,10-11,16H,2,5-7H2,1H3/t8-,10-,11-/m1/s1. The maximum Gasteiger partial charge on any atom is 0.225 e. The number of halogens is 1. The lowest BCUT2D eigenvalue weighted by molar-refractivity contribution is 0.111. The van der Waals surface area contributed by atoms with Gasteiger partial charge in [0.1, 0.15) is 0 Å². The van der Waals surface area contributed by atoms with E-state index in [9.17, 15) is 12.8 Å². The largest absolute Gasteiger partial charge is 0.376 e. The van der Waals surface area contributed by atoms with Gasteiger partial charge in [-0.2, -0.15) is 0 Å². The van der Waals surface area contributed by atoms with E-state index in [1.165, 1.54) is 0 Å². The summed E-state index contributed by atoms with van der Waals surface area (Å²) >= 11 is 0. The fourth-order valence-electron chi connectivity index (χ4n) is 2.90. The normalized spacial score (nSPS) is 28.9. The summed E-state index contributed by atoms with van der Waals surface area (Å²) < 4.78 is 43.5. The number of hydrogen-bond donors (Lipinski definition) is 1. The Hall–Kier alpha value is -1.32. The third-order valence-electron chi connectivity index (χ3n) is 3.94. The lowest BCUT2D eigenvalue weighted by Crippen LogP contribution is -2.33. The Morgan fingerprint density at radius 1 is 1.43 bits per heavy atom. The number of sulfonamides is 1. The Kier molecular flexibility index (Phi) is 3.80. The van der Waals surface area contributed by atoms with E-state index in [1.807, 2.05) is 4.90 Å². The van der Waals surface area contributed by atoms with Crippen molar-refractivity contribution in [1.82, 2.24) is 14.7 Å². The van der Waals surface area contributed by atoms with E-state index >= 15 is 0 Å². The van der Waals surface area contributed by atoms with Gasteiger partial charge in [0.15, 0.2) is 5.82 Å². The Morgan fingerprint density at radius 2 is 2.14 bits per heavy atom. The van der Waals surface area contributed by atoms with Crippen molar-refractivity contribution >= 4 is 16.0 Å². The molecule has 1 aromatic heterocycles. The second kappa shape index (κ2) is 5.47. The van der Waals surface area contributed by atoms with Gasteiger partial charge < -0.3 is 9.64 Å². The molecule has 0 spiro atoms. The molecular formula is C12H17FN4O3S. The monoisotopic (exact) mass is 316 g/mol. The molecule has 2 aliphatic rings. The summed E-state index contributed by atoms with van der Waals surface area (Å²) in [6.45, 7) is 2.26. The van der Waals surface area contributed by atoms with Crippen molar-refractivity contribution in [2.24, 2.45) is 11.8 Å². The first kappa shape index (κ1) is 14.6. The van der Waals surface area contributed by atoms with Crippen molar-refractivity contribution in [2.75, 3.05) is 37.4 Å². The van der Waals surface area contributed by atoms with Gasteiger partial charge in [-0.25, -0.2) is 27.5 Å². The van der Waals surface area contributed by atoms with Crippen molar-refractivity contribution in [3.8, 4) is 0 Å². The maximum absolute atomic E-state index is 12.8. The van der Waals surface area contributed by atoms with Crippen molar-refractivity contribution < 1.29 is 17.5 Å². The number of hydrogen-bond acceptors (Lipinski definition) is 6. The van der Waals surface area contributed by atoms with Crippen molar-refractivity contribution in [3.63, 3.8) is 0 Å². The van der Waals surface area contributed by atoms with Crippen LogP contribution in [0.2, 0.25) is 0 Å². The predicted molar refractivity (Wildman–Crippen MR) is 73.8 cm³/mol. The molecule has 1 aromatic rings. The number of nitrogens with one attached hydrogen (secondary N) is 1. The zero-order chi connectivity index (χ0) is 15.0. The summed E-state index contributed by atoms with van der Waals surface area (Å²) in [4.78, 5) is 9.89. The number of nitrogens with zero attached hydrogens (tertiary/aromatic N) is 3. The molecule has 2 fully saturated rings. The van der Waals surface area contributed by atoms with Gasteiger partial charge in [0.05, 0.1) is 31.4 Å². The molecular weight excluding hydrogens is 299 g/mol. The third kappa shape index (κ3) is 3.30. The van der Waals surface area contributed by atoms with Crippen LogP contribution in [0, 0.1) is 17.7 Å². The molecule has 0 amide bonds. The van der Waals surface area contributed by atoms with Crippen molar-refractivity contribution in [1.29, 1.82) is 0 Å². The number of fused-ring (bicyclic) bond motifs is 1. The lowest BCUT2D eigenvalue weighted by atomic mass is 9.93. The van der Waals surface area contributed by atoms with Crippen LogP contribution in [0.3, 0.4) is 0 Å². The van der Waals surface area contributed by atoms with Crippen LogP contribution in [-0.2, 0) is 14.8 Å². The molecule has 1 N–H and O–H groups in total. The summed E-state index contributed by atoms with van der Waals surface area (Å²) in [6, 6.07) is 0. The van der Waals surface area contributed by atoms with Crippen LogP contribution in [-0.4, -0.2) is 57.0 Å². The fraction of sp³-hybridized carbons (Fsp3) is 0.667. The van der Waals surface area contributed by atoms with Crippen molar-refractivity contribution in [3.05, 3.63) is 18.2 Å².